The normalized spacial score (nSPS) is 40.6. The maximum atomic E-state index is 9.95. The Morgan fingerprint density at radius 1 is 1.10 bits per heavy atom. The highest BCUT2D eigenvalue weighted by molar-refractivity contribution is 5.03. The topological polar surface area (TPSA) is 41.5 Å². The van der Waals surface area contributed by atoms with E-state index in [0.717, 1.165) is 25.4 Å². The molecule has 0 saturated heterocycles. The quantitative estimate of drug-likeness (QED) is 0.757. The van der Waals surface area contributed by atoms with E-state index in [0.29, 0.717) is 24.7 Å². The zero-order valence-corrected chi connectivity index (χ0v) is 13.7. The smallest absolute Gasteiger partial charge is 0.0616 e. The average molecular weight is 295 g/mol. The van der Waals surface area contributed by atoms with E-state index >= 15 is 0 Å². The molecule has 21 heavy (non-hydrogen) atoms. The lowest BCUT2D eigenvalue weighted by atomic mass is 9.85. The first-order chi connectivity index (χ1) is 10.2. The highest BCUT2D eigenvalue weighted by Crippen LogP contribution is 2.40. The van der Waals surface area contributed by atoms with Crippen LogP contribution in [0.25, 0.3) is 0 Å². The molecule has 3 aliphatic carbocycles. The highest BCUT2D eigenvalue weighted by Gasteiger charge is 2.44. The summed E-state index contributed by atoms with van der Waals surface area (Å²) in [7, 11) is 0. The summed E-state index contributed by atoms with van der Waals surface area (Å²) in [5.41, 5.74) is 0.00269. The van der Waals surface area contributed by atoms with E-state index in [-0.39, 0.29) is 5.54 Å². The highest BCUT2D eigenvalue weighted by atomic mass is 16.5. The van der Waals surface area contributed by atoms with Gasteiger partial charge < -0.3 is 15.2 Å². The third-order valence-corrected chi connectivity index (χ3v) is 6.14. The fourth-order valence-electron chi connectivity index (χ4n) is 4.53. The van der Waals surface area contributed by atoms with Crippen molar-refractivity contribution in [3.63, 3.8) is 0 Å². The third kappa shape index (κ3) is 3.80. The molecule has 0 aromatic carbocycles. The van der Waals surface area contributed by atoms with E-state index < -0.39 is 0 Å². The largest absolute Gasteiger partial charge is 0.394 e. The second kappa shape index (κ2) is 6.97. The zero-order valence-electron chi connectivity index (χ0n) is 13.7. The van der Waals surface area contributed by atoms with Crippen molar-refractivity contribution in [2.24, 2.45) is 11.8 Å². The minimum Gasteiger partial charge on any atom is -0.394 e. The van der Waals surface area contributed by atoms with Gasteiger partial charge in [0.05, 0.1) is 12.7 Å². The van der Waals surface area contributed by atoms with Gasteiger partial charge in [-0.15, -0.1) is 0 Å². The summed E-state index contributed by atoms with van der Waals surface area (Å²) in [4.78, 5) is 0. The predicted octanol–water partition coefficient (Wildman–Crippen LogP) is 3.26. The fraction of sp³-hybridized carbons (Fsp3) is 1.00. The molecule has 3 nitrogen and oxygen atoms in total. The van der Waals surface area contributed by atoms with Gasteiger partial charge >= 0.3 is 0 Å². The molecule has 0 amide bonds. The molecule has 0 bridgehead atoms. The van der Waals surface area contributed by atoms with Crippen LogP contribution >= 0.6 is 0 Å². The summed E-state index contributed by atoms with van der Waals surface area (Å²) >= 11 is 0. The van der Waals surface area contributed by atoms with Gasteiger partial charge in [-0.25, -0.2) is 0 Å². The van der Waals surface area contributed by atoms with Gasteiger partial charge in [-0.1, -0.05) is 26.2 Å². The molecule has 3 heteroatoms. The van der Waals surface area contributed by atoms with Gasteiger partial charge in [-0.2, -0.15) is 0 Å². The second-order valence-corrected chi connectivity index (χ2v) is 7.78. The molecule has 3 rings (SSSR count). The van der Waals surface area contributed by atoms with Crippen LogP contribution in [-0.4, -0.2) is 36.0 Å². The molecular formula is C18H33NO2. The SMILES string of the molecule is CC1CCCCC1OCCC1CCCC1(CO)NC1CC1. The van der Waals surface area contributed by atoms with Gasteiger partial charge in [-0.3, -0.25) is 0 Å². The summed E-state index contributed by atoms with van der Waals surface area (Å²) in [5.74, 6) is 1.33. The lowest BCUT2D eigenvalue weighted by Crippen LogP contribution is -2.52. The van der Waals surface area contributed by atoms with E-state index in [4.69, 9.17) is 4.74 Å². The maximum Gasteiger partial charge on any atom is 0.0616 e. The first kappa shape index (κ1) is 15.8. The van der Waals surface area contributed by atoms with Crippen LogP contribution in [-0.2, 0) is 4.74 Å². The van der Waals surface area contributed by atoms with Crippen LogP contribution < -0.4 is 5.32 Å². The molecule has 3 fully saturated rings. The van der Waals surface area contributed by atoms with E-state index in [1.165, 1.54) is 51.4 Å². The summed E-state index contributed by atoms with van der Waals surface area (Å²) < 4.78 is 6.21. The maximum absolute atomic E-state index is 9.95. The molecule has 2 N–H and O–H groups in total. The summed E-state index contributed by atoms with van der Waals surface area (Å²) in [6, 6.07) is 0.678. The molecule has 0 aromatic heterocycles. The molecule has 4 unspecified atom stereocenters. The van der Waals surface area contributed by atoms with Gasteiger partial charge in [0.1, 0.15) is 0 Å². The Hall–Kier alpha value is -0.120. The first-order valence-corrected chi connectivity index (χ1v) is 9.24. The number of ether oxygens (including phenoxy) is 1. The lowest BCUT2D eigenvalue weighted by molar-refractivity contribution is -0.0165. The van der Waals surface area contributed by atoms with Crippen LogP contribution in [0.1, 0.15) is 71.1 Å². The third-order valence-electron chi connectivity index (χ3n) is 6.14. The van der Waals surface area contributed by atoms with Gasteiger partial charge in [-0.05, 0) is 56.8 Å². The Morgan fingerprint density at radius 2 is 1.90 bits per heavy atom. The van der Waals surface area contributed by atoms with E-state index in [2.05, 4.69) is 12.2 Å². The molecule has 3 saturated carbocycles. The zero-order chi connectivity index (χ0) is 14.7. The molecule has 0 spiro atoms. The molecular weight excluding hydrogens is 262 g/mol. The number of hydrogen-bond donors (Lipinski definition) is 2. The van der Waals surface area contributed by atoms with Crippen molar-refractivity contribution in [1.29, 1.82) is 0 Å². The number of aliphatic hydroxyl groups excluding tert-OH is 1. The number of aliphatic hydroxyl groups is 1. The van der Waals surface area contributed by atoms with Crippen LogP contribution in [0.15, 0.2) is 0 Å². The first-order valence-electron chi connectivity index (χ1n) is 9.24. The predicted molar refractivity (Wildman–Crippen MR) is 85.3 cm³/mol. The van der Waals surface area contributed by atoms with E-state index in [9.17, 15) is 5.11 Å². The second-order valence-electron chi connectivity index (χ2n) is 7.78. The van der Waals surface area contributed by atoms with Crippen molar-refractivity contribution in [3.8, 4) is 0 Å². The van der Waals surface area contributed by atoms with Crippen molar-refractivity contribution in [1.82, 2.24) is 5.32 Å². The van der Waals surface area contributed by atoms with Crippen LogP contribution in [0.3, 0.4) is 0 Å². The van der Waals surface area contributed by atoms with E-state index in [1.807, 2.05) is 0 Å². The van der Waals surface area contributed by atoms with Gasteiger partial charge in [0.2, 0.25) is 0 Å². The molecule has 4 atom stereocenters. The summed E-state index contributed by atoms with van der Waals surface area (Å²) in [5, 5.41) is 13.7. The van der Waals surface area contributed by atoms with Gasteiger partial charge in [0.25, 0.3) is 0 Å². The Kier molecular flexibility index (Phi) is 5.23. The summed E-state index contributed by atoms with van der Waals surface area (Å²) in [6.07, 6.45) is 13.1. The Morgan fingerprint density at radius 3 is 2.62 bits per heavy atom. The Labute approximate surface area is 129 Å². The standard InChI is InChI=1S/C18H33NO2/c1-14-5-2-3-7-17(14)21-12-10-15-6-4-11-18(15,13-20)19-16-8-9-16/h14-17,19-20H,2-13H2,1H3. The van der Waals surface area contributed by atoms with Crippen molar-refractivity contribution in [2.45, 2.75) is 88.8 Å². The monoisotopic (exact) mass is 295 g/mol. The van der Waals surface area contributed by atoms with Crippen LogP contribution in [0.2, 0.25) is 0 Å². The number of hydrogen-bond acceptors (Lipinski definition) is 3. The number of rotatable bonds is 7. The van der Waals surface area contributed by atoms with Crippen molar-refractivity contribution >= 4 is 0 Å². The van der Waals surface area contributed by atoms with Crippen molar-refractivity contribution in [2.75, 3.05) is 13.2 Å². The minimum absolute atomic E-state index is 0.00269. The van der Waals surface area contributed by atoms with Crippen molar-refractivity contribution < 1.29 is 9.84 Å². The molecule has 3 aliphatic rings. The molecule has 122 valence electrons. The molecule has 0 heterocycles. The van der Waals surface area contributed by atoms with Crippen LogP contribution in [0.4, 0.5) is 0 Å². The molecule has 0 aromatic rings. The van der Waals surface area contributed by atoms with E-state index in [1.54, 1.807) is 0 Å². The average Bonchev–Trinajstić information content (AvgIpc) is 3.21. The van der Waals surface area contributed by atoms with Crippen molar-refractivity contribution in [3.05, 3.63) is 0 Å². The van der Waals surface area contributed by atoms with Crippen LogP contribution in [0.5, 0.6) is 0 Å². The summed E-state index contributed by atoms with van der Waals surface area (Å²) in [6.45, 7) is 3.52. The number of nitrogens with one attached hydrogen (secondary N) is 1. The molecule has 0 radical (unpaired) electrons. The lowest BCUT2D eigenvalue weighted by Gasteiger charge is -2.36. The minimum atomic E-state index is 0.00269. The Bertz CT molecular complexity index is 331. The van der Waals surface area contributed by atoms with Gasteiger partial charge in [0, 0.05) is 18.2 Å². The van der Waals surface area contributed by atoms with Crippen LogP contribution in [0, 0.1) is 11.8 Å². The molecule has 0 aliphatic heterocycles. The Balaban J connectivity index is 1.46. The fourth-order valence-corrected chi connectivity index (χ4v) is 4.53. The van der Waals surface area contributed by atoms with Gasteiger partial charge in [0.15, 0.2) is 0 Å².